The molecule has 3 aliphatic heterocycles. The number of rotatable bonds is 4. The fourth-order valence-corrected chi connectivity index (χ4v) is 8.25. The number of furan rings is 1. The minimum atomic E-state index is -1.29. The van der Waals surface area contributed by atoms with Gasteiger partial charge in [-0.25, -0.2) is 0 Å². The van der Waals surface area contributed by atoms with Crippen LogP contribution in [-0.4, -0.2) is 58.4 Å². The molecule has 36 heavy (non-hydrogen) atoms. The van der Waals surface area contributed by atoms with E-state index in [9.17, 15) is 9.59 Å². The number of amides is 2. The summed E-state index contributed by atoms with van der Waals surface area (Å²) in [6.07, 6.45) is 1.61. The largest absolute Gasteiger partial charge is 0.497 e. The van der Waals surface area contributed by atoms with Gasteiger partial charge in [-0.3, -0.25) is 19.4 Å². The quantitative estimate of drug-likeness (QED) is 0.483. The highest BCUT2D eigenvalue weighted by Gasteiger charge is 2.79. The zero-order valence-electron chi connectivity index (χ0n) is 20.1. The predicted molar refractivity (Wildman–Crippen MR) is 142 cm³/mol. The normalized spacial score (nSPS) is 27.6. The van der Waals surface area contributed by atoms with Crippen LogP contribution in [0.25, 0.3) is 0 Å². The summed E-state index contributed by atoms with van der Waals surface area (Å²) in [7, 11) is 5.26. The summed E-state index contributed by atoms with van der Waals surface area (Å²) < 4.78 is 10.6. The van der Waals surface area contributed by atoms with Crippen molar-refractivity contribution < 1.29 is 18.7 Å². The summed E-state index contributed by atoms with van der Waals surface area (Å²) in [5.74, 6) is 0.552. The molecular weight excluding hydrogens is 494 g/mol. The van der Waals surface area contributed by atoms with Crippen molar-refractivity contribution in [2.45, 2.75) is 22.7 Å². The van der Waals surface area contributed by atoms with Gasteiger partial charge in [-0.05, 0) is 42.9 Å². The molecule has 2 aromatic carbocycles. The molecule has 184 valence electrons. The minimum absolute atomic E-state index is 0.160. The molecule has 7 nitrogen and oxygen atoms in total. The molecule has 0 saturated carbocycles. The van der Waals surface area contributed by atoms with E-state index in [1.165, 1.54) is 11.8 Å². The molecule has 4 heterocycles. The van der Waals surface area contributed by atoms with Gasteiger partial charge in [-0.2, -0.15) is 0 Å². The van der Waals surface area contributed by atoms with Crippen LogP contribution in [0.15, 0.2) is 71.3 Å². The lowest BCUT2D eigenvalue weighted by molar-refractivity contribution is -0.139. The molecule has 2 fully saturated rings. The number of likely N-dealkylation sites (N-methyl/N-ethyl adjacent to an activating group) is 2. The Balaban J connectivity index is 1.60. The first kappa shape index (κ1) is 23.3. The third kappa shape index (κ3) is 2.82. The topological polar surface area (TPSA) is 66.2 Å². The van der Waals surface area contributed by atoms with E-state index in [0.29, 0.717) is 28.9 Å². The fraction of sp³-hybridized carbons (Fsp3) is 0.296. The highest BCUT2D eigenvalue weighted by atomic mass is 32.2. The number of carbonyl (C=O) groups is 2. The first-order valence-corrected chi connectivity index (χ1v) is 12.9. The zero-order chi connectivity index (χ0) is 25.2. The highest BCUT2D eigenvalue weighted by Crippen LogP contribution is 2.67. The lowest BCUT2D eigenvalue weighted by Gasteiger charge is -2.41. The van der Waals surface area contributed by atoms with Crippen molar-refractivity contribution in [2.75, 3.05) is 32.6 Å². The van der Waals surface area contributed by atoms with Crippen LogP contribution in [0.5, 0.6) is 5.75 Å². The average molecular weight is 520 g/mol. The maximum Gasteiger partial charge on any atom is 0.254 e. The Bertz CT molecular complexity index is 1380. The lowest BCUT2D eigenvalue weighted by atomic mass is 9.73. The third-order valence-corrected chi connectivity index (χ3v) is 9.67. The molecule has 1 aromatic heterocycles. The average Bonchev–Trinajstić information content (AvgIpc) is 3.61. The van der Waals surface area contributed by atoms with Crippen LogP contribution in [0, 0.1) is 0 Å². The lowest BCUT2D eigenvalue weighted by Crippen LogP contribution is -2.62. The standard InChI is InChI=1S/C27H25N3O4S2/c1-28-16-20(22-10-7-13-34-22)27(24(32)30(25(35)36-27)15-17-8-5-4-6-9-17)26(28)19-14-18(33-3)11-12-21(19)29(2)23(26)31/h4-14,20H,15-16H2,1-3H3/t20-,26-,27+/m1/s1. The first-order valence-electron chi connectivity index (χ1n) is 11.7. The summed E-state index contributed by atoms with van der Waals surface area (Å²) >= 11 is 7.17. The smallest absolute Gasteiger partial charge is 0.254 e. The van der Waals surface area contributed by atoms with E-state index in [1.54, 1.807) is 30.2 Å². The van der Waals surface area contributed by atoms with Crippen LogP contribution in [0.4, 0.5) is 5.69 Å². The van der Waals surface area contributed by atoms with Gasteiger partial charge in [0.05, 0.1) is 25.8 Å². The Morgan fingerprint density at radius 1 is 1.08 bits per heavy atom. The number of nitrogens with zero attached hydrogens (tertiary/aromatic N) is 3. The summed E-state index contributed by atoms with van der Waals surface area (Å²) in [5, 5.41) is 0. The molecule has 0 aliphatic carbocycles. The Hall–Kier alpha value is -3.14. The van der Waals surface area contributed by atoms with Crippen LogP contribution in [-0.2, 0) is 21.7 Å². The van der Waals surface area contributed by atoms with Crippen LogP contribution in [0.2, 0.25) is 0 Å². The van der Waals surface area contributed by atoms with E-state index in [4.69, 9.17) is 21.4 Å². The summed E-state index contributed by atoms with van der Waals surface area (Å²) in [6.45, 7) is 0.789. The number of hydrogen-bond acceptors (Lipinski definition) is 7. The van der Waals surface area contributed by atoms with Crippen LogP contribution >= 0.6 is 24.0 Å². The molecule has 2 amide bonds. The Labute approximate surface area is 219 Å². The Morgan fingerprint density at radius 2 is 1.86 bits per heavy atom. The second-order valence-electron chi connectivity index (χ2n) is 9.39. The zero-order valence-corrected chi connectivity index (χ0v) is 21.8. The van der Waals surface area contributed by atoms with Crippen molar-refractivity contribution in [1.82, 2.24) is 9.80 Å². The van der Waals surface area contributed by atoms with Gasteiger partial charge in [0.15, 0.2) is 5.54 Å². The highest BCUT2D eigenvalue weighted by molar-refractivity contribution is 8.25. The van der Waals surface area contributed by atoms with E-state index in [1.807, 2.05) is 72.6 Å². The van der Waals surface area contributed by atoms with Crippen molar-refractivity contribution in [1.29, 1.82) is 0 Å². The van der Waals surface area contributed by atoms with Crippen molar-refractivity contribution in [3.8, 4) is 5.75 Å². The number of carbonyl (C=O) groups excluding carboxylic acids is 2. The van der Waals surface area contributed by atoms with Gasteiger partial charge in [-0.1, -0.05) is 54.3 Å². The molecule has 3 aliphatic rings. The van der Waals surface area contributed by atoms with Gasteiger partial charge >= 0.3 is 0 Å². The molecule has 2 saturated heterocycles. The number of ether oxygens (including phenoxy) is 1. The molecule has 0 unspecified atom stereocenters. The van der Waals surface area contributed by atoms with Crippen molar-refractivity contribution >= 4 is 45.8 Å². The molecule has 3 aromatic rings. The van der Waals surface area contributed by atoms with Crippen molar-refractivity contribution in [2.24, 2.45) is 0 Å². The number of likely N-dealkylation sites (tertiary alicyclic amines) is 1. The van der Waals surface area contributed by atoms with E-state index in [-0.39, 0.29) is 11.8 Å². The van der Waals surface area contributed by atoms with Gasteiger partial charge in [0, 0.05) is 24.8 Å². The van der Waals surface area contributed by atoms with E-state index in [2.05, 4.69) is 0 Å². The van der Waals surface area contributed by atoms with Gasteiger partial charge < -0.3 is 14.1 Å². The van der Waals surface area contributed by atoms with Gasteiger partial charge in [-0.15, -0.1) is 0 Å². The molecule has 9 heteroatoms. The Morgan fingerprint density at radius 3 is 2.56 bits per heavy atom. The van der Waals surface area contributed by atoms with Crippen molar-refractivity contribution in [3.63, 3.8) is 0 Å². The number of methoxy groups -OCH3 is 1. The molecule has 3 atom stereocenters. The molecule has 0 N–H and O–H groups in total. The minimum Gasteiger partial charge on any atom is -0.497 e. The number of thiocarbonyl (C=S) groups is 1. The molecule has 0 bridgehead atoms. The molecule has 0 radical (unpaired) electrons. The van der Waals surface area contributed by atoms with Gasteiger partial charge in [0.1, 0.15) is 20.6 Å². The van der Waals surface area contributed by atoms with E-state index in [0.717, 1.165) is 16.8 Å². The maximum atomic E-state index is 14.7. The van der Waals surface area contributed by atoms with Crippen LogP contribution in [0.1, 0.15) is 22.8 Å². The Kier molecular flexibility index (Phi) is 5.30. The molecule has 6 rings (SSSR count). The number of benzene rings is 2. The monoisotopic (exact) mass is 519 g/mol. The summed E-state index contributed by atoms with van der Waals surface area (Å²) in [6, 6.07) is 19.1. The number of anilines is 1. The molecular formula is C27H25N3O4S2. The summed E-state index contributed by atoms with van der Waals surface area (Å²) in [5.41, 5.74) is 1.18. The maximum absolute atomic E-state index is 14.7. The van der Waals surface area contributed by atoms with Crippen molar-refractivity contribution in [3.05, 3.63) is 83.8 Å². The summed E-state index contributed by atoms with van der Waals surface area (Å²) in [4.78, 5) is 34.4. The number of fused-ring (bicyclic) bond motifs is 3. The van der Waals surface area contributed by atoms with E-state index >= 15 is 0 Å². The van der Waals surface area contributed by atoms with Gasteiger partial charge in [0.25, 0.3) is 5.91 Å². The second-order valence-corrected chi connectivity index (χ2v) is 11.3. The predicted octanol–water partition coefficient (Wildman–Crippen LogP) is 3.99. The fourth-order valence-electron chi connectivity index (χ4n) is 6.15. The number of thioether (sulfide) groups is 1. The van der Waals surface area contributed by atoms with E-state index < -0.39 is 16.2 Å². The SMILES string of the molecule is COc1ccc2c(c1)[C@]1(C(=O)N2C)N(C)C[C@H](c2ccco2)[C@@]12SC(=S)N(Cc1ccccc1)C2=O. The third-order valence-electron chi connectivity index (χ3n) is 7.73. The first-order chi connectivity index (χ1) is 17.4. The van der Waals surface area contributed by atoms with Gasteiger partial charge in [0.2, 0.25) is 5.91 Å². The molecule has 2 spiro atoms. The number of hydrogen-bond donors (Lipinski definition) is 0. The second kappa shape index (κ2) is 8.19. The van der Waals surface area contributed by atoms with Crippen LogP contribution < -0.4 is 9.64 Å². The van der Waals surface area contributed by atoms with Crippen LogP contribution in [0.3, 0.4) is 0 Å².